The third-order valence-electron chi connectivity index (χ3n) is 2.74. The average molecular weight is 295 g/mol. The summed E-state index contributed by atoms with van der Waals surface area (Å²) >= 11 is 2.96. The number of carbonyl (C=O) groups excluding carboxylic acids is 2. The van der Waals surface area contributed by atoms with Gasteiger partial charge in [0, 0.05) is 15.9 Å². The highest BCUT2D eigenvalue weighted by Gasteiger charge is 2.27. The highest BCUT2D eigenvalue weighted by Crippen LogP contribution is 2.27. The first-order valence-corrected chi connectivity index (χ1v) is 8.17. The zero-order chi connectivity index (χ0) is 13.8. The van der Waals surface area contributed by atoms with Crippen molar-refractivity contribution in [2.24, 2.45) is 0 Å². The van der Waals surface area contributed by atoms with E-state index in [1.165, 1.54) is 11.8 Å². The summed E-state index contributed by atoms with van der Waals surface area (Å²) in [6, 6.07) is 7.22. The zero-order valence-corrected chi connectivity index (χ0v) is 12.6. The van der Waals surface area contributed by atoms with Crippen LogP contribution in [0.25, 0.3) is 0 Å². The lowest BCUT2D eigenvalue weighted by molar-refractivity contribution is -0.112. The minimum atomic E-state index is -0.324. The number of benzene rings is 1. The van der Waals surface area contributed by atoms with Crippen molar-refractivity contribution in [3.05, 3.63) is 29.8 Å². The second-order valence-corrected chi connectivity index (χ2v) is 7.36. The lowest BCUT2D eigenvalue weighted by atomic mass is 10.2. The lowest BCUT2D eigenvalue weighted by Crippen LogP contribution is -2.37. The molecule has 0 saturated carbocycles. The summed E-state index contributed by atoms with van der Waals surface area (Å²) < 4.78 is 0. The molecule has 1 aromatic carbocycles. The maximum Gasteiger partial charge on any atom is 0.253 e. The molecular weight excluding hydrogens is 278 g/mol. The standard InChI is InChI=1S/C14H17NO2S2/c1-9(2)19-12-6-4-3-5-10(12)13(16)15-11-7-8-18-14(11)17/h3-6,9,11H,7-8H2,1-2H3,(H,15,16). The molecule has 1 N–H and O–H groups in total. The fourth-order valence-corrected chi connectivity index (χ4v) is 3.76. The van der Waals surface area contributed by atoms with Crippen molar-refractivity contribution in [2.75, 3.05) is 5.75 Å². The van der Waals surface area contributed by atoms with Gasteiger partial charge < -0.3 is 5.32 Å². The number of amides is 1. The van der Waals surface area contributed by atoms with E-state index >= 15 is 0 Å². The molecule has 1 aliphatic rings. The SMILES string of the molecule is CC(C)Sc1ccccc1C(=O)NC1CCSC1=O. The molecule has 1 atom stereocenters. The molecule has 102 valence electrons. The van der Waals surface area contributed by atoms with Crippen LogP contribution < -0.4 is 5.32 Å². The van der Waals surface area contributed by atoms with Crippen LogP contribution in [0.2, 0.25) is 0 Å². The van der Waals surface area contributed by atoms with E-state index < -0.39 is 0 Å². The smallest absolute Gasteiger partial charge is 0.253 e. The van der Waals surface area contributed by atoms with E-state index in [9.17, 15) is 9.59 Å². The molecular formula is C14H17NO2S2. The molecule has 5 heteroatoms. The first kappa shape index (κ1) is 14.5. The number of thioether (sulfide) groups is 2. The summed E-state index contributed by atoms with van der Waals surface area (Å²) in [6.07, 6.45) is 0.731. The highest BCUT2D eigenvalue weighted by molar-refractivity contribution is 8.14. The molecule has 1 unspecified atom stereocenters. The quantitative estimate of drug-likeness (QED) is 0.868. The predicted octanol–water partition coefficient (Wildman–Crippen LogP) is 2.95. The third kappa shape index (κ3) is 3.76. The Balaban J connectivity index is 2.12. The molecule has 0 radical (unpaired) electrons. The van der Waals surface area contributed by atoms with Crippen LogP contribution in [0.3, 0.4) is 0 Å². The van der Waals surface area contributed by atoms with Crippen molar-refractivity contribution in [3.8, 4) is 0 Å². The topological polar surface area (TPSA) is 46.2 Å². The molecule has 0 aliphatic carbocycles. The molecule has 1 saturated heterocycles. The molecule has 0 spiro atoms. The van der Waals surface area contributed by atoms with Gasteiger partial charge in [0.05, 0.1) is 11.6 Å². The van der Waals surface area contributed by atoms with E-state index in [4.69, 9.17) is 0 Å². The summed E-state index contributed by atoms with van der Waals surface area (Å²) in [5, 5.41) is 3.32. The van der Waals surface area contributed by atoms with Gasteiger partial charge in [-0.25, -0.2) is 0 Å². The number of hydrogen-bond donors (Lipinski definition) is 1. The van der Waals surface area contributed by atoms with Crippen molar-refractivity contribution < 1.29 is 9.59 Å². The number of carbonyl (C=O) groups is 2. The second-order valence-electron chi connectivity index (χ2n) is 4.64. The summed E-state index contributed by atoms with van der Waals surface area (Å²) in [6.45, 7) is 4.19. The normalized spacial score (nSPS) is 18.9. The van der Waals surface area contributed by atoms with Crippen LogP contribution in [-0.4, -0.2) is 28.1 Å². The van der Waals surface area contributed by atoms with Gasteiger partial charge in [0.15, 0.2) is 0 Å². The van der Waals surface area contributed by atoms with Crippen LogP contribution in [0.15, 0.2) is 29.2 Å². The Morgan fingerprint density at radius 3 is 2.79 bits per heavy atom. The Morgan fingerprint density at radius 1 is 1.42 bits per heavy atom. The first-order valence-electron chi connectivity index (χ1n) is 6.31. The average Bonchev–Trinajstić information content (AvgIpc) is 2.75. The molecule has 19 heavy (non-hydrogen) atoms. The minimum Gasteiger partial charge on any atom is -0.341 e. The Morgan fingerprint density at radius 2 is 2.16 bits per heavy atom. The van der Waals surface area contributed by atoms with E-state index in [1.54, 1.807) is 11.8 Å². The summed E-state index contributed by atoms with van der Waals surface area (Å²) in [4.78, 5) is 24.8. The van der Waals surface area contributed by atoms with E-state index in [2.05, 4.69) is 19.2 Å². The van der Waals surface area contributed by atoms with Gasteiger partial charge in [0.2, 0.25) is 5.12 Å². The molecule has 1 amide bonds. The minimum absolute atomic E-state index is 0.0716. The molecule has 2 rings (SSSR count). The number of nitrogens with one attached hydrogen (secondary N) is 1. The van der Waals surface area contributed by atoms with Gasteiger partial charge in [0.1, 0.15) is 0 Å². The number of rotatable bonds is 4. The van der Waals surface area contributed by atoms with Crippen molar-refractivity contribution in [1.29, 1.82) is 0 Å². The van der Waals surface area contributed by atoms with Crippen LogP contribution in [0.1, 0.15) is 30.6 Å². The van der Waals surface area contributed by atoms with Crippen LogP contribution in [0, 0.1) is 0 Å². The summed E-state index contributed by atoms with van der Waals surface area (Å²) in [5.41, 5.74) is 0.658. The zero-order valence-electron chi connectivity index (χ0n) is 11.0. The van der Waals surface area contributed by atoms with Gasteiger partial charge in [-0.05, 0) is 18.6 Å². The van der Waals surface area contributed by atoms with Gasteiger partial charge in [-0.2, -0.15) is 0 Å². The predicted molar refractivity (Wildman–Crippen MR) is 80.8 cm³/mol. The van der Waals surface area contributed by atoms with E-state index in [-0.39, 0.29) is 17.1 Å². The molecule has 3 nitrogen and oxygen atoms in total. The maximum atomic E-state index is 12.3. The fraction of sp³-hybridized carbons (Fsp3) is 0.429. The molecule has 1 aromatic rings. The maximum absolute atomic E-state index is 12.3. The summed E-state index contributed by atoms with van der Waals surface area (Å²) in [7, 11) is 0. The van der Waals surface area contributed by atoms with Crippen molar-refractivity contribution in [3.63, 3.8) is 0 Å². The van der Waals surface area contributed by atoms with Crippen LogP contribution in [-0.2, 0) is 4.79 Å². The van der Waals surface area contributed by atoms with E-state index in [0.717, 1.165) is 17.1 Å². The van der Waals surface area contributed by atoms with Crippen molar-refractivity contribution in [2.45, 2.75) is 36.5 Å². The summed E-state index contributed by atoms with van der Waals surface area (Å²) in [5.74, 6) is 0.649. The van der Waals surface area contributed by atoms with Gasteiger partial charge in [-0.3, -0.25) is 9.59 Å². The van der Waals surface area contributed by atoms with Gasteiger partial charge >= 0.3 is 0 Å². The lowest BCUT2D eigenvalue weighted by Gasteiger charge is -2.14. The van der Waals surface area contributed by atoms with Crippen molar-refractivity contribution >= 4 is 34.5 Å². The van der Waals surface area contributed by atoms with Gasteiger partial charge in [-0.15, -0.1) is 11.8 Å². The largest absolute Gasteiger partial charge is 0.341 e. The Bertz CT molecular complexity index is 488. The van der Waals surface area contributed by atoms with Gasteiger partial charge in [0.25, 0.3) is 5.91 Å². The molecule has 1 fully saturated rings. The van der Waals surface area contributed by atoms with Gasteiger partial charge in [-0.1, -0.05) is 37.7 Å². The van der Waals surface area contributed by atoms with E-state index in [1.807, 2.05) is 24.3 Å². The Kier molecular flexibility index (Phi) is 4.93. The molecule has 0 aromatic heterocycles. The third-order valence-corrected chi connectivity index (χ3v) is 4.83. The highest BCUT2D eigenvalue weighted by atomic mass is 32.2. The monoisotopic (exact) mass is 295 g/mol. The van der Waals surface area contributed by atoms with Crippen molar-refractivity contribution in [1.82, 2.24) is 5.32 Å². The first-order chi connectivity index (χ1) is 9.08. The van der Waals surface area contributed by atoms with Crippen LogP contribution in [0.5, 0.6) is 0 Å². The Labute approximate surface area is 121 Å². The molecule has 1 aliphatic heterocycles. The van der Waals surface area contributed by atoms with Crippen LogP contribution >= 0.6 is 23.5 Å². The molecule has 0 bridgehead atoms. The van der Waals surface area contributed by atoms with Crippen LogP contribution in [0.4, 0.5) is 0 Å². The van der Waals surface area contributed by atoms with E-state index in [0.29, 0.717) is 10.8 Å². The fourth-order valence-electron chi connectivity index (χ4n) is 1.87. The second kappa shape index (κ2) is 6.48. The Hall–Kier alpha value is -0.940. The molecule has 1 heterocycles. The number of hydrogen-bond acceptors (Lipinski definition) is 4.